The van der Waals surface area contributed by atoms with Gasteiger partial charge in [-0.05, 0) is 39.2 Å². The van der Waals surface area contributed by atoms with Crippen LogP contribution in [0.3, 0.4) is 0 Å². The van der Waals surface area contributed by atoms with Crippen molar-refractivity contribution in [2.75, 3.05) is 0 Å². The normalized spacial score (nSPS) is 9.85. The first-order valence-corrected chi connectivity index (χ1v) is 4.72. The van der Waals surface area contributed by atoms with Gasteiger partial charge in [0, 0.05) is 10.0 Å². The van der Waals surface area contributed by atoms with E-state index in [1.54, 1.807) is 0 Å². The number of halogens is 1. The molecule has 1 heteroatoms. The highest BCUT2D eigenvalue weighted by molar-refractivity contribution is 9.10. The third kappa shape index (κ3) is 1.34. The van der Waals surface area contributed by atoms with Gasteiger partial charge in [-0.2, -0.15) is 0 Å². The highest BCUT2D eigenvalue weighted by Gasteiger charge is 2.01. The standard InChI is InChI=1S/C12H6Br/c1-2-9-7-8-10-5-3-4-6-11(10)12(9)13/h3-8H. The Kier molecular flexibility index (Phi) is 2.08. The summed E-state index contributed by atoms with van der Waals surface area (Å²) in [5.41, 5.74) is 0.790. The molecule has 0 saturated carbocycles. The molecule has 0 aromatic heterocycles. The van der Waals surface area contributed by atoms with Crippen LogP contribution in [-0.4, -0.2) is 0 Å². The first-order chi connectivity index (χ1) is 6.33. The highest BCUT2D eigenvalue weighted by Crippen LogP contribution is 2.26. The molecule has 61 valence electrons. The van der Waals surface area contributed by atoms with Crippen LogP contribution in [0.15, 0.2) is 40.9 Å². The fourth-order valence-electron chi connectivity index (χ4n) is 1.33. The molecule has 1 radical (unpaired) electrons. The van der Waals surface area contributed by atoms with Crippen molar-refractivity contribution in [3.63, 3.8) is 0 Å². The maximum Gasteiger partial charge on any atom is 0.0410 e. The molecule has 0 N–H and O–H groups in total. The van der Waals surface area contributed by atoms with E-state index in [9.17, 15) is 0 Å². The molecule has 0 heterocycles. The molecule has 0 spiro atoms. The lowest BCUT2D eigenvalue weighted by molar-refractivity contribution is 1.65. The molecular weight excluding hydrogens is 224 g/mol. The second kappa shape index (κ2) is 3.24. The van der Waals surface area contributed by atoms with E-state index >= 15 is 0 Å². The van der Waals surface area contributed by atoms with Crippen molar-refractivity contribution in [3.05, 3.63) is 52.9 Å². The Morgan fingerprint density at radius 1 is 1.08 bits per heavy atom. The second-order valence-electron chi connectivity index (χ2n) is 2.77. The quantitative estimate of drug-likeness (QED) is 0.607. The van der Waals surface area contributed by atoms with Crippen LogP contribution in [0.4, 0.5) is 0 Å². The number of benzene rings is 2. The number of fused-ring (bicyclic) bond motifs is 1. The van der Waals surface area contributed by atoms with Crippen molar-refractivity contribution < 1.29 is 0 Å². The molecule has 0 atom stereocenters. The summed E-state index contributed by atoms with van der Waals surface area (Å²) < 4.78 is 0.945. The van der Waals surface area contributed by atoms with E-state index in [0.29, 0.717) is 0 Å². The van der Waals surface area contributed by atoms with Gasteiger partial charge < -0.3 is 0 Å². The topological polar surface area (TPSA) is 0 Å². The van der Waals surface area contributed by atoms with Gasteiger partial charge in [-0.25, -0.2) is 0 Å². The van der Waals surface area contributed by atoms with E-state index < -0.39 is 0 Å². The van der Waals surface area contributed by atoms with E-state index in [4.69, 9.17) is 6.42 Å². The maximum atomic E-state index is 7.08. The van der Waals surface area contributed by atoms with Gasteiger partial charge in [0.25, 0.3) is 0 Å². The second-order valence-corrected chi connectivity index (χ2v) is 3.57. The van der Waals surface area contributed by atoms with E-state index in [1.807, 2.05) is 36.4 Å². The third-order valence-corrected chi connectivity index (χ3v) is 2.85. The Bertz CT molecular complexity index is 492. The van der Waals surface area contributed by atoms with Gasteiger partial charge in [0.1, 0.15) is 0 Å². The van der Waals surface area contributed by atoms with Crippen LogP contribution in [0.5, 0.6) is 0 Å². The zero-order valence-corrected chi connectivity index (χ0v) is 8.43. The van der Waals surface area contributed by atoms with Crippen LogP contribution < -0.4 is 0 Å². The van der Waals surface area contributed by atoms with Crippen LogP contribution >= 0.6 is 15.9 Å². The number of hydrogen-bond acceptors (Lipinski definition) is 0. The lowest BCUT2D eigenvalue weighted by atomic mass is 10.1. The van der Waals surface area contributed by atoms with Crippen molar-refractivity contribution in [1.29, 1.82) is 0 Å². The van der Waals surface area contributed by atoms with Gasteiger partial charge >= 0.3 is 0 Å². The Hall–Kier alpha value is -1.26. The smallest absolute Gasteiger partial charge is 0.0410 e. The Morgan fingerprint density at radius 3 is 2.62 bits per heavy atom. The molecule has 2 rings (SSSR count). The molecule has 0 unspecified atom stereocenters. The predicted molar refractivity (Wildman–Crippen MR) is 57.9 cm³/mol. The van der Waals surface area contributed by atoms with Crippen LogP contribution in [0, 0.1) is 12.3 Å². The molecule has 0 saturated heterocycles. The van der Waals surface area contributed by atoms with E-state index in [-0.39, 0.29) is 0 Å². The van der Waals surface area contributed by atoms with Crippen LogP contribution in [0.25, 0.3) is 10.8 Å². The highest BCUT2D eigenvalue weighted by atomic mass is 79.9. The molecule has 0 aliphatic carbocycles. The van der Waals surface area contributed by atoms with Crippen LogP contribution in [0.2, 0.25) is 0 Å². The zero-order chi connectivity index (χ0) is 9.26. The molecule has 2 aromatic rings. The zero-order valence-electron chi connectivity index (χ0n) is 6.84. The largest absolute Gasteiger partial charge is 0.0616 e. The third-order valence-electron chi connectivity index (χ3n) is 2.00. The van der Waals surface area contributed by atoms with Gasteiger partial charge in [-0.1, -0.05) is 36.3 Å². The molecule has 2 aromatic carbocycles. The molecule has 0 amide bonds. The van der Waals surface area contributed by atoms with Crippen molar-refractivity contribution >= 4 is 26.7 Å². The van der Waals surface area contributed by atoms with Crippen molar-refractivity contribution in [2.45, 2.75) is 0 Å². The summed E-state index contributed by atoms with van der Waals surface area (Å²) in [6.45, 7) is 0. The molecule has 0 nitrogen and oxygen atoms in total. The minimum Gasteiger partial charge on any atom is -0.0616 e. The van der Waals surface area contributed by atoms with E-state index in [0.717, 1.165) is 15.4 Å². The summed E-state index contributed by atoms with van der Waals surface area (Å²) in [5.74, 6) is 2.39. The monoisotopic (exact) mass is 229 g/mol. The maximum absolute atomic E-state index is 7.08. The summed E-state index contributed by atoms with van der Waals surface area (Å²) >= 11 is 3.46. The minimum atomic E-state index is 0.790. The Labute approximate surface area is 85.7 Å². The number of rotatable bonds is 0. The minimum absolute atomic E-state index is 0.790. The fourth-order valence-corrected chi connectivity index (χ4v) is 1.92. The molecule has 13 heavy (non-hydrogen) atoms. The summed E-state index contributed by atoms with van der Waals surface area (Å²) in [4.78, 5) is 0. The van der Waals surface area contributed by atoms with Crippen LogP contribution in [-0.2, 0) is 0 Å². The van der Waals surface area contributed by atoms with Crippen molar-refractivity contribution in [3.8, 4) is 5.92 Å². The van der Waals surface area contributed by atoms with Gasteiger partial charge in [-0.15, -0.1) is 0 Å². The van der Waals surface area contributed by atoms with Crippen LogP contribution in [0.1, 0.15) is 5.56 Å². The average molecular weight is 230 g/mol. The lowest BCUT2D eigenvalue weighted by Crippen LogP contribution is -1.79. The molecule has 0 aliphatic rings. The molecular formula is C12H6Br. The molecule has 0 aliphatic heterocycles. The lowest BCUT2D eigenvalue weighted by Gasteiger charge is -2.01. The van der Waals surface area contributed by atoms with Gasteiger partial charge in [0.05, 0.1) is 0 Å². The summed E-state index contributed by atoms with van der Waals surface area (Å²) in [6.07, 6.45) is 7.08. The average Bonchev–Trinajstić information content (AvgIpc) is 2.19. The molecule has 0 bridgehead atoms. The first kappa shape index (κ1) is 8.34. The first-order valence-electron chi connectivity index (χ1n) is 3.93. The Balaban J connectivity index is 2.89. The van der Waals surface area contributed by atoms with Gasteiger partial charge in [0.15, 0.2) is 0 Å². The van der Waals surface area contributed by atoms with E-state index in [1.165, 1.54) is 5.39 Å². The summed E-state index contributed by atoms with van der Waals surface area (Å²) in [5, 5.41) is 2.30. The summed E-state index contributed by atoms with van der Waals surface area (Å²) in [6, 6.07) is 12.0. The van der Waals surface area contributed by atoms with Crippen molar-refractivity contribution in [1.82, 2.24) is 0 Å². The number of hydrogen-bond donors (Lipinski definition) is 0. The SMILES string of the molecule is [C]#Cc1ccc2ccccc2c1Br. The van der Waals surface area contributed by atoms with Crippen molar-refractivity contribution in [2.24, 2.45) is 0 Å². The van der Waals surface area contributed by atoms with Gasteiger partial charge in [0.2, 0.25) is 0 Å². The summed E-state index contributed by atoms with van der Waals surface area (Å²) in [7, 11) is 0. The molecule has 0 fully saturated rings. The Morgan fingerprint density at radius 2 is 1.85 bits per heavy atom. The fraction of sp³-hybridized carbons (Fsp3) is 0. The van der Waals surface area contributed by atoms with E-state index in [2.05, 4.69) is 21.9 Å². The predicted octanol–water partition coefficient (Wildman–Crippen LogP) is 3.54. The van der Waals surface area contributed by atoms with Gasteiger partial charge in [-0.3, -0.25) is 0 Å².